The molecule has 1 aromatic carbocycles. The molecular weight excluding hydrogens is 396 g/mol. The van der Waals surface area contributed by atoms with E-state index in [9.17, 15) is 4.79 Å². The van der Waals surface area contributed by atoms with Crippen molar-refractivity contribution in [1.82, 2.24) is 20.0 Å². The van der Waals surface area contributed by atoms with Crippen LogP contribution in [0.15, 0.2) is 41.8 Å². The Hall–Kier alpha value is -1.93. The van der Waals surface area contributed by atoms with Gasteiger partial charge in [0.05, 0.1) is 19.3 Å². The Morgan fingerprint density at radius 3 is 2.60 bits per heavy atom. The molecule has 0 bridgehead atoms. The molecule has 3 heterocycles. The van der Waals surface area contributed by atoms with Crippen molar-refractivity contribution in [3.63, 3.8) is 0 Å². The van der Waals surface area contributed by atoms with Crippen molar-refractivity contribution in [2.45, 2.75) is 19.5 Å². The second-order valence-corrected chi connectivity index (χ2v) is 9.10. The molecule has 4 rings (SSSR count). The molecule has 0 saturated carbocycles. The zero-order chi connectivity index (χ0) is 20.8. The minimum atomic E-state index is 0.0556. The number of carbonyl (C=O) groups excluding carboxylic acids is 1. The molecular formula is C23H32N4O2S. The van der Waals surface area contributed by atoms with Gasteiger partial charge >= 0.3 is 6.03 Å². The number of urea groups is 1. The number of amides is 2. The Kier molecular flexibility index (Phi) is 7.38. The van der Waals surface area contributed by atoms with Crippen molar-refractivity contribution in [2.75, 3.05) is 59.0 Å². The second-order valence-electron chi connectivity index (χ2n) is 8.12. The zero-order valence-corrected chi connectivity index (χ0v) is 18.6. The van der Waals surface area contributed by atoms with E-state index in [2.05, 4.69) is 63.8 Å². The molecule has 2 fully saturated rings. The van der Waals surface area contributed by atoms with E-state index >= 15 is 0 Å². The molecule has 6 nitrogen and oxygen atoms in total. The normalized spacial score (nSPS) is 19.6. The minimum absolute atomic E-state index is 0.0556. The van der Waals surface area contributed by atoms with E-state index in [-0.39, 0.29) is 12.1 Å². The number of hydrogen-bond donors (Lipinski definition) is 1. The number of morpholine rings is 1. The summed E-state index contributed by atoms with van der Waals surface area (Å²) >= 11 is 1.76. The van der Waals surface area contributed by atoms with Crippen LogP contribution in [-0.4, -0.2) is 79.8 Å². The van der Waals surface area contributed by atoms with Crippen molar-refractivity contribution in [3.05, 3.63) is 57.8 Å². The summed E-state index contributed by atoms with van der Waals surface area (Å²) in [5.74, 6) is 0. The summed E-state index contributed by atoms with van der Waals surface area (Å²) in [6.45, 7) is 10.5. The molecule has 7 heteroatoms. The fraction of sp³-hybridized carbons (Fsp3) is 0.522. The number of thiophene rings is 1. The van der Waals surface area contributed by atoms with Crippen LogP contribution in [0.3, 0.4) is 0 Å². The summed E-state index contributed by atoms with van der Waals surface area (Å²) < 4.78 is 5.51. The fourth-order valence-electron chi connectivity index (χ4n) is 4.25. The lowest BCUT2D eigenvalue weighted by atomic mass is 10.1. The van der Waals surface area contributed by atoms with Crippen LogP contribution in [0.1, 0.15) is 22.0 Å². The summed E-state index contributed by atoms with van der Waals surface area (Å²) in [4.78, 5) is 20.9. The van der Waals surface area contributed by atoms with Gasteiger partial charge in [-0.25, -0.2) is 4.79 Å². The van der Waals surface area contributed by atoms with E-state index in [0.717, 1.165) is 59.0 Å². The van der Waals surface area contributed by atoms with Crippen LogP contribution in [0.4, 0.5) is 4.79 Å². The Bertz CT molecular complexity index is 799. The standard InChI is InChI=1S/C23H32N4O2S/c1-19-4-2-5-20(16-19)18-25-7-9-27(10-8-25)23(28)24-17-21(22-6-3-15-30-22)26-11-13-29-14-12-26/h2-6,15-16,21H,7-14,17-18H2,1H3,(H,24,28)/t21-/m0/s1. The molecule has 30 heavy (non-hydrogen) atoms. The van der Waals surface area contributed by atoms with Gasteiger partial charge in [-0.15, -0.1) is 11.3 Å². The summed E-state index contributed by atoms with van der Waals surface area (Å²) in [6.07, 6.45) is 0. The third kappa shape index (κ3) is 5.60. The SMILES string of the molecule is Cc1cccc(CN2CCN(C(=O)NC[C@@H](c3cccs3)N3CCOCC3)CC2)c1. The predicted octanol–water partition coefficient (Wildman–Crippen LogP) is 2.96. The molecule has 2 aromatic rings. The van der Waals surface area contributed by atoms with E-state index in [1.807, 2.05) is 4.90 Å². The largest absolute Gasteiger partial charge is 0.379 e. The van der Waals surface area contributed by atoms with Gasteiger partial charge in [0.15, 0.2) is 0 Å². The molecule has 1 atom stereocenters. The topological polar surface area (TPSA) is 48.0 Å². The first-order valence-electron chi connectivity index (χ1n) is 10.8. The lowest BCUT2D eigenvalue weighted by Crippen LogP contribution is -2.52. The highest BCUT2D eigenvalue weighted by Crippen LogP contribution is 2.25. The average molecular weight is 429 g/mol. The first-order chi connectivity index (χ1) is 14.7. The molecule has 1 aromatic heterocycles. The average Bonchev–Trinajstić information content (AvgIpc) is 3.30. The van der Waals surface area contributed by atoms with Crippen LogP contribution >= 0.6 is 11.3 Å². The predicted molar refractivity (Wildman–Crippen MR) is 121 cm³/mol. The van der Waals surface area contributed by atoms with Crippen molar-refractivity contribution in [2.24, 2.45) is 0 Å². The molecule has 0 aliphatic carbocycles. The number of aryl methyl sites for hydroxylation is 1. The van der Waals surface area contributed by atoms with Gasteiger partial charge in [0.2, 0.25) is 0 Å². The van der Waals surface area contributed by atoms with Gasteiger partial charge in [-0.1, -0.05) is 35.9 Å². The molecule has 2 aliphatic heterocycles. The number of nitrogens with one attached hydrogen (secondary N) is 1. The maximum atomic E-state index is 12.8. The Labute approximate surface area is 183 Å². The van der Waals surface area contributed by atoms with E-state index in [4.69, 9.17) is 4.74 Å². The summed E-state index contributed by atoms with van der Waals surface area (Å²) in [5, 5.41) is 5.31. The monoisotopic (exact) mass is 428 g/mol. The number of nitrogens with zero attached hydrogens (tertiary/aromatic N) is 3. The van der Waals surface area contributed by atoms with E-state index < -0.39 is 0 Å². The van der Waals surface area contributed by atoms with Crippen molar-refractivity contribution in [3.8, 4) is 0 Å². The lowest BCUT2D eigenvalue weighted by Gasteiger charge is -2.36. The molecule has 2 aliphatic rings. The highest BCUT2D eigenvalue weighted by Gasteiger charge is 2.26. The van der Waals surface area contributed by atoms with Gasteiger partial charge in [-0.05, 0) is 23.9 Å². The lowest BCUT2D eigenvalue weighted by molar-refractivity contribution is 0.0170. The van der Waals surface area contributed by atoms with Crippen molar-refractivity contribution >= 4 is 17.4 Å². The van der Waals surface area contributed by atoms with Gasteiger partial charge in [0.25, 0.3) is 0 Å². The van der Waals surface area contributed by atoms with Gasteiger partial charge in [0, 0.05) is 57.2 Å². The molecule has 162 valence electrons. The van der Waals surface area contributed by atoms with Gasteiger partial charge in [0.1, 0.15) is 0 Å². The van der Waals surface area contributed by atoms with Gasteiger partial charge in [-0.3, -0.25) is 9.80 Å². The number of hydrogen-bond acceptors (Lipinski definition) is 5. The quantitative estimate of drug-likeness (QED) is 0.769. The first kappa shape index (κ1) is 21.3. The number of benzene rings is 1. The van der Waals surface area contributed by atoms with Gasteiger partial charge < -0.3 is 15.0 Å². The summed E-state index contributed by atoms with van der Waals surface area (Å²) in [6, 6.07) is 13.2. The Morgan fingerprint density at radius 1 is 1.10 bits per heavy atom. The Balaban J connectivity index is 1.26. The number of rotatable bonds is 6. The smallest absolute Gasteiger partial charge is 0.317 e. The van der Waals surface area contributed by atoms with Crippen LogP contribution in [0.2, 0.25) is 0 Å². The van der Waals surface area contributed by atoms with Crippen LogP contribution in [0.5, 0.6) is 0 Å². The molecule has 0 radical (unpaired) electrons. The molecule has 2 amide bonds. The van der Waals surface area contributed by atoms with E-state index in [0.29, 0.717) is 6.54 Å². The maximum Gasteiger partial charge on any atom is 0.317 e. The highest BCUT2D eigenvalue weighted by molar-refractivity contribution is 7.10. The van der Waals surface area contributed by atoms with E-state index in [1.165, 1.54) is 16.0 Å². The number of piperazine rings is 1. The first-order valence-corrected chi connectivity index (χ1v) is 11.7. The van der Waals surface area contributed by atoms with Crippen molar-refractivity contribution < 1.29 is 9.53 Å². The summed E-state index contributed by atoms with van der Waals surface area (Å²) in [5.41, 5.74) is 2.64. The fourth-order valence-corrected chi connectivity index (χ4v) is 5.11. The van der Waals surface area contributed by atoms with Crippen LogP contribution in [0, 0.1) is 6.92 Å². The third-order valence-corrected chi connectivity index (χ3v) is 6.93. The van der Waals surface area contributed by atoms with Crippen LogP contribution in [0.25, 0.3) is 0 Å². The second kappa shape index (κ2) is 10.4. The zero-order valence-electron chi connectivity index (χ0n) is 17.8. The minimum Gasteiger partial charge on any atom is -0.379 e. The Morgan fingerprint density at radius 2 is 1.90 bits per heavy atom. The summed E-state index contributed by atoms with van der Waals surface area (Å²) in [7, 11) is 0. The van der Waals surface area contributed by atoms with E-state index in [1.54, 1.807) is 11.3 Å². The maximum absolute atomic E-state index is 12.8. The third-order valence-electron chi connectivity index (χ3n) is 5.95. The van der Waals surface area contributed by atoms with Crippen molar-refractivity contribution in [1.29, 1.82) is 0 Å². The number of ether oxygens (including phenoxy) is 1. The highest BCUT2D eigenvalue weighted by atomic mass is 32.1. The molecule has 2 saturated heterocycles. The van der Waals surface area contributed by atoms with Crippen LogP contribution < -0.4 is 5.32 Å². The molecule has 0 unspecified atom stereocenters. The van der Waals surface area contributed by atoms with Gasteiger partial charge in [-0.2, -0.15) is 0 Å². The number of carbonyl (C=O) groups is 1. The van der Waals surface area contributed by atoms with Crippen LogP contribution in [-0.2, 0) is 11.3 Å². The molecule has 0 spiro atoms. The molecule has 1 N–H and O–H groups in total.